The van der Waals surface area contributed by atoms with Gasteiger partial charge in [-0.05, 0) is 29.8 Å². The molecule has 3 rings (SSSR count). The quantitative estimate of drug-likeness (QED) is 0.660. The Hall–Kier alpha value is -3.48. The smallest absolute Gasteiger partial charge is 0.328 e. The molecule has 1 aliphatic heterocycles. The van der Waals surface area contributed by atoms with Gasteiger partial charge in [-0.25, -0.2) is 9.18 Å². The molecule has 0 aromatic heterocycles. The van der Waals surface area contributed by atoms with E-state index in [0.717, 1.165) is 5.56 Å². The van der Waals surface area contributed by atoms with Crippen molar-refractivity contribution in [2.75, 3.05) is 0 Å². The Morgan fingerprint density at radius 1 is 0.920 bits per heavy atom. The standard InChI is InChI=1S/C18H13FN2O4/c19-13-7-5-11(6-8-13)10-25-15-4-2-1-3-12(15)9-14-16(22)20-18(24)21-17(14)23/h1-9H,10H2,(H2,20,21,22,23,24). The summed E-state index contributed by atoms with van der Waals surface area (Å²) >= 11 is 0. The van der Waals surface area contributed by atoms with Crippen molar-refractivity contribution in [1.82, 2.24) is 10.6 Å². The number of rotatable bonds is 4. The molecule has 7 heteroatoms. The van der Waals surface area contributed by atoms with E-state index in [1.807, 2.05) is 10.6 Å². The molecule has 0 atom stereocenters. The zero-order valence-corrected chi connectivity index (χ0v) is 12.9. The van der Waals surface area contributed by atoms with Gasteiger partial charge in [0.2, 0.25) is 0 Å². The van der Waals surface area contributed by atoms with Gasteiger partial charge in [0.15, 0.2) is 0 Å². The van der Waals surface area contributed by atoms with Crippen molar-refractivity contribution in [3.05, 3.63) is 71.0 Å². The molecule has 1 fully saturated rings. The summed E-state index contributed by atoms with van der Waals surface area (Å²) in [6.07, 6.45) is 1.34. The predicted molar refractivity (Wildman–Crippen MR) is 86.8 cm³/mol. The SMILES string of the molecule is O=C1NC(=O)C(=Cc2ccccc2OCc2ccc(F)cc2)C(=O)N1. The topological polar surface area (TPSA) is 84.5 Å². The van der Waals surface area contributed by atoms with Crippen molar-refractivity contribution >= 4 is 23.9 Å². The number of nitrogens with one attached hydrogen (secondary N) is 2. The van der Waals surface area contributed by atoms with Crippen LogP contribution in [0.1, 0.15) is 11.1 Å². The van der Waals surface area contributed by atoms with Gasteiger partial charge in [0.1, 0.15) is 23.7 Å². The van der Waals surface area contributed by atoms with E-state index in [4.69, 9.17) is 4.74 Å². The highest BCUT2D eigenvalue weighted by Crippen LogP contribution is 2.23. The number of carbonyl (C=O) groups excluding carboxylic acids is 3. The molecule has 0 aliphatic carbocycles. The second-order valence-electron chi connectivity index (χ2n) is 5.25. The van der Waals surface area contributed by atoms with Crippen molar-refractivity contribution in [1.29, 1.82) is 0 Å². The average molecular weight is 340 g/mol. The van der Waals surface area contributed by atoms with Gasteiger partial charge in [-0.2, -0.15) is 0 Å². The number of ether oxygens (including phenoxy) is 1. The van der Waals surface area contributed by atoms with Crippen molar-refractivity contribution in [3.8, 4) is 5.75 Å². The number of benzene rings is 2. The summed E-state index contributed by atoms with van der Waals surface area (Å²) in [6, 6.07) is 11.8. The Kier molecular flexibility index (Phi) is 4.56. The number of halogens is 1. The number of barbiturate groups is 1. The highest BCUT2D eigenvalue weighted by atomic mass is 19.1. The van der Waals surface area contributed by atoms with Gasteiger partial charge in [0.25, 0.3) is 11.8 Å². The first kappa shape index (κ1) is 16.4. The van der Waals surface area contributed by atoms with E-state index >= 15 is 0 Å². The van der Waals surface area contributed by atoms with Crippen molar-refractivity contribution in [3.63, 3.8) is 0 Å². The lowest BCUT2D eigenvalue weighted by Crippen LogP contribution is -2.51. The van der Waals surface area contributed by atoms with Crippen molar-refractivity contribution in [2.24, 2.45) is 0 Å². The van der Waals surface area contributed by atoms with E-state index in [9.17, 15) is 18.8 Å². The molecule has 4 amide bonds. The van der Waals surface area contributed by atoms with E-state index in [-0.39, 0.29) is 18.0 Å². The molecular weight excluding hydrogens is 327 g/mol. The third kappa shape index (κ3) is 3.89. The minimum Gasteiger partial charge on any atom is -0.488 e. The Morgan fingerprint density at radius 3 is 2.24 bits per heavy atom. The van der Waals surface area contributed by atoms with Crippen LogP contribution in [0.5, 0.6) is 5.75 Å². The van der Waals surface area contributed by atoms with Crippen LogP contribution in [0.3, 0.4) is 0 Å². The number of para-hydroxylation sites is 1. The van der Waals surface area contributed by atoms with Crippen LogP contribution in [-0.2, 0) is 16.2 Å². The molecule has 2 aromatic carbocycles. The number of amides is 4. The van der Waals surface area contributed by atoms with Gasteiger partial charge in [0.05, 0.1) is 0 Å². The lowest BCUT2D eigenvalue weighted by atomic mass is 10.1. The Bertz CT molecular complexity index is 853. The van der Waals surface area contributed by atoms with Crippen molar-refractivity contribution in [2.45, 2.75) is 6.61 Å². The first-order valence-corrected chi connectivity index (χ1v) is 7.37. The number of carbonyl (C=O) groups is 3. The van der Waals surface area contributed by atoms with Gasteiger partial charge in [-0.15, -0.1) is 0 Å². The number of hydrogen-bond acceptors (Lipinski definition) is 4. The first-order chi connectivity index (χ1) is 12.0. The second kappa shape index (κ2) is 6.96. The number of urea groups is 1. The Morgan fingerprint density at radius 2 is 1.56 bits per heavy atom. The van der Waals surface area contributed by atoms with Gasteiger partial charge in [-0.1, -0.05) is 30.3 Å². The second-order valence-corrected chi connectivity index (χ2v) is 5.25. The normalized spacial score (nSPS) is 14.0. The summed E-state index contributed by atoms with van der Waals surface area (Å²) in [4.78, 5) is 34.7. The van der Waals surface area contributed by atoms with Crippen molar-refractivity contribution < 1.29 is 23.5 Å². The highest BCUT2D eigenvalue weighted by Gasteiger charge is 2.27. The van der Waals surface area contributed by atoms with Crippen LogP contribution in [0.25, 0.3) is 6.08 Å². The maximum atomic E-state index is 12.9. The van der Waals surface area contributed by atoms with Crippen LogP contribution in [0.2, 0.25) is 0 Å². The Labute approximate surface area is 142 Å². The van der Waals surface area contributed by atoms with Crippen LogP contribution >= 0.6 is 0 Å². The molecule has 25 heavy (non-hydrogen) atoms. The first-order valence-electron chi connectivity index (χ1n) is 7.37. The van der Waals surface area contributed by atoms with Crippen LogP contribution in [0.4, 0.5) is 9.18 Å². The third-order valence-corrected chi connectivity index (χ3v) is 3.47. The zero-order valence-electron chi connectivity index (χ0n) is 12.9. The molecule has 1 aliphatic rings. The summed E-state index contributed by atoms with van der Waals surface area (Å²) in [5.41, 5.74) is 1.07. The summed E-state index contributed by atoms with van der Waals surface area (Å²) in [7, 11) is 0. The minimum atomic E-state index is -0.854. The van der Waals surface area contributed by atoms with Crippen LogP contribution in [-0.4, -0.2) is 17.8 Å². The van der Waals surface area contributed by atoms with E-state index in [1.165, 1.54) is 18.2 Å². The fraction of sp³-hybridized carbons (Fsp3) is 0.0556. The molecule has 0 radical (unpaired) electrons. The lowest BCUT2D eigenvalue weighted by molar-refractivity contribution is -0.123. The summed E-state index contributed by atoms with van der Waals surface area (Å²) < 4.78 is 18.6. The average Bonchev–Trinajstić information content (AvgIpc) is 2.58. The van der Waals surface area contributed by atoms with E-state index in [2.05, 4.69) is 0 Å². The predicted octanol–water partition coefficient (Wildman–Crippen LogP) is 2.15. The highest BCUT2D eigenvalue weighted by molar-refractivity contribution is 6.31. The van der Waals surface area contributed by atoms with Crippen LogP contribution in [0, 0.1) is 5.82 Å². The summed E-state index contributed by atoms with van der Waals surface area (Å²) in [5.74, 6) is -1.45. The molecule has 0 saturated carbocycles. The van der Waals surface area contributed by atoms with Gasteiger partial charge in [-0.3, -0.25) is 20.2 Å². The molecule has 1 saturated heterocycles. The Balaban J connectivity index is 1.82. The van der Waals surface area contributed by atoms with Crippen LogP contribution in [0.15, 0.2) is 54.1 Å². The molecular formula is C18H13FN2O4. The molecule has 0 unspecified atom stereocenters. The van der Waals surface area contributed by atoms with Gasteiger partial charge in [0, 0.05) is 5.56 Å². The summed E-state index contributed by atoms with van der Waals surface area (Å²) in [5, 5.41) is 4.02. The van der Waals surface area contributed by atoms with Gasteiger partial charge >= 0.3 is 6.03 Å². The maximum absolute atomic E-state index is 12.9. The lowest BCUT2D eigenvalue weighted by Gasteiger charge is -2.15. The number of hydrogen-bond donors (Lipinski definition) is 2. The fourth-order valence-corrected chi connectivity index (χ4v) is 2.23. The zero-order chi connectivity index (χ0) is 17.8. The maximum Gasteiger partial charge on any atom is 0.328 e. The molecule has 1 heterocycles. The minimum absolute atomic E-state index is 0.192. The molecule has 0 bridgehead atoms. The third-order valence-electron chi connectivity index (χ3n) is 3.47. The largest absolute Gasteiger partial charge is 0.488 e. The van der Waals surface area contributed by atoms with E-state index in [0.29, 0.717) is 11.3 Å². The van der Waals surface area contributed by atoms with E-state index in [1.54, 1.807) is 36.4 Å². The molecule has 0 spiro atoms. The fourth-order valence-electron chi connectivity index (χ4n) is 2.23. The number of imide groups is 2. The summed E-state index contributed by atoms with van der Waals surface area (Å²) in [6.45, 7) is 0.192. The van der Waals surface area contributed by atoms with Gasteiger partial charge < -0.3 is 4.74 Å². The van der Waals surface area contributed by atoms with E-state index < -0.39 is 17.8 Å². The molecule has 6 nitrogen and oxygen atoms in total. The molecule has 2 N–H and O–H groups in total. The van der Waals surface area contributed by atoms with Crippen LogP contribution < -0.4 is 15.4 Å². The monoisotopic (exact) mass is 340 g/mol. The molecule has 2 aromatic rings. The molecule has 126 valence electrons.